The molecule has 0 radical (unpaired) electrons. The van der Waals surface area contributed by atoms with E-state index in [0.717, 1.165) is 20.5 Å². The number of hydrogen-bond donors (Lipinski definition) is 3. The number of carbonyl (C=O) groups excluding carboxylic acids is 3. The molecule has 12 heteroatoms. The van der Waals surface area contributed by atoms with E-state index in [9.17, 15) is 14.4 Å². The molecule has 0 aliphatic carbocycles. The van der Waals surface area contributed by atoms with Crippen LogP contribution in [0.4, 0.5) is 10.8 Å². The fraction of sp³-hybridized carbons (Fsp3) is 0.0857. The van der Waals surface area contributed by atoms with E-state index in [1.165, 1.54) is 23.1 Å². The van der Waals surface area contributed by atoms with Gasteiger partial charge in [0.25, 0.3) is 11.8 Å². The number of hydrogen-bond acceptors (Lipinski definition) is 8. The van der Waals surface area contributed by atoms with Gasteiger partial charge in [-0.15, -0.1) is 23.1 Å². The number of thioether (sulfide) groups is 1. The Hall–Kier alpha value is -4.91. The quantitative estimate of drug-likeness (QED) is 0.0889. The Bertz CT molecular complexity index is 1900. The van der Waals surface area contributed by atoms with E-state index >= 15 is 0 Å². The lowest BCUT2D eigenvalue weighted by molar-refractivity contribution is -0.114. The largest absolute Gasteiger partial charge is 0.493 e. The van der Waals surface area contributed by atoms with Crippen molar-refractivity contribution in [3.05, 3.63) is 124 Å². The van der Waals surface area contributed by atoms with E-state index in [2.05, 4.69) is 36.9 Å². The van der Waals surface area contributed by atoms with Crippen molar-refractivity contribution in [1.29, 1.82) is 0 Å². The third-order valence-electron chi connectivity index (χ3n) is 6.62. The highest BCUT2D eigenvalue weighted by Crippen LogP contribution is 2.33. The molecule has 5 rings (SSSR count). The summed E-state index contributed by atoms with van der Waals surface area (Å²) in [4.78, 5) is 44.2. The van der Waals surface area contributed by atoms with Crippen LogP contribution in [0, 0.1) is 0 Å². The first-order valence-corrected chi connectivity index (χ1v) is 16.8. The van der Waals surface area contributed by atoms with Gasteiger partial charge in [-0.3, -0.25) is 14.4 Å². The van der Waals surface area contributed by atoms with Crippen molar-refractivity contribution in [2.45, 2.75) is 4.90 Å². The van der Waals surface area contributed by atoms with Gasteiger partial charge in [-0.1, -0.05) is 46.3 Å². The fourth-order valence-electron chi connectivity index (χ4n) is 4.26. The zero-order valence-corrected chi connectivity index (χ0v) is 28.5. The van der Waals surface area contributed by atoms with E-state index < -0.39 is 11.8 Å². The number of methoxy groups -OCH3 is 2. The zero-order chi connectivity index (χ0) is 33.2. The van der Waals surface area contributed by atoms with Gasteiger partial charge in [-0.2, -0.15) is 0 Å². The Morgan fingerprint density at radius 3 is 2.30 bits per heavy atom. The van der Waals surface area contributed by atoms with Crippen LogP contribution in [0.3, 0.4) is 0 Å². The molecule has 1 heterocycles. The van der Waals surface area contributed by atoms with Crippen LogP contribution >= 0.6 is 39.0 Å². The number of amides is 3. The molecule has 0 saturated carbocycles. The monoisotopic (exact) mass is 728 g/mol. The Labute approximate surface area is 288 Å². The van der Waals surface area contributed by atoms with Gasteiger partial charge in [0.05, 0.1) is 25.7 Å². The third-order valence-corrected chi connectivity index (χ3v) is 8.92. The predicted octanol–water partition coefficient (Wildman–Crippen LogP) is 7.73. The molecule has 4 aromatic carbocycles. The molecule has 0 unspecified atom stereocenters. The fourth-order valence-corrected chi connectivity index (χ4v) is 5.96. The molecule has 9 nitrogen and oxygen atoms in total. The number of halogens is 1. The summed E-state index contributed by atoms with van der Waals surface area (Å²) in [5, 5.41) is 10.8. The highest BCUT2D eigenvalue weighted by molar-refractivity contribution is 9.10. The number of rotatable bonds is 12. The van der Waals surface area contributed by atoms with Crippen molar-refractivity contribution in [2.24, 2.45) is 0 Å². The SMILES string of the molecule is COc1ccc(-c2csc(NC(=O)CSc3ccc(NC(=O)/C(=C/c4ccc(Br)cc4)NC(=O)c4ccccc4)cc3)n2)cc1OC. The number of nitrogens with zero attached hydrogens (tertiary/aromatic N) is 1. The molecule has 3 amide bonds. The summed E-state index contributed by atoms with van der Waals surface area (Å²) < 4.78 is 11.6. The van der Waals surface area contributed by atoms with Gasteiger partial charge in [0.15, 0.2) is 16.6 Å². The maximum Gasteiger partial charge on any atom is 0.272 e. The average Bonchev–Trinajstić information content (AvgIpc) is 3.56. The molecule has 47 heavy (non-hydrogen) atoms. The highest BCUT2D eigenvalue weighted by atomic mass is 79.9. The van der Waals surface area contributed by atoms with Crippen molar-refractivity contribution in [3.8, 4) is 22.8 Å². The summed E-state index contributed by atoms with van der Waals surface area (Å²) in [6.07, 6.45) is 1.62. The molecule has 0 atom stereocenters. The van der Waals surface area contributed by atoms with Gasteiger partial charge in [-0.05, 0) is 78.4 Å². The lowest BCUT2D eigenvalue weighted by Crippen LogP contribution is -2.30. The van der Waals surface area contributed by atoms with Crippen LogP contribution in [0.15, 0.2) is 118 Å². The van der Waals surface area contributed by atoms with Gasteiger partial charge in [-0.25, -0.2) is 4.98 Å². The van der Waals surface area contributed by atoms with Gasteiger partial charge in [0.1, 0.15) is 5.70 Å². The second kappa shape index (κ2) is 16.1. The Balaban J connectivity index is 1.17. The van der Waals surface area contributed by atoms with Gasteiger partial charge < -0.3 is 25.4 Å². The van der Waals surface area contributed by atoms with E-state index in [1.807, 2.05) is 66.0 Å². The molecule has 5 aromatic rings. The molecule has 0 spiro atoms. The highest BCUT2D eigenvalue weighted by Gasteiger charge is 2.16. The molecule has 1 aromatic heterocycles. The summed E-state index contributed by atoms with van der Waals surface area (Å²) >= 11 is 6.09. The second-order valence-corrected chi connectivity index (χ2v) is 12.7. The Kier molecular flexibility index (Phi) is 11.4. The summed E-state index contributed by atoms with van der Waals surface area (Å²) in [5.74, 6) is 0.313. The van der Waals surface area contributed by atoms with E-state index in [1.54, 1.807) is 56.7 Å². The topological polar surface area (TPSA) is 119 Å². The van der Waals surface area contributed by atoms with Crippen LogP contribution in [0.2, 0.25) is 0 Å². The van der Waals surface area contributed by atoms with Crippen LogP contribution in [0.5, 0.6) is 11.5 Å². The van der Waals surface area contributed by atoms with Crippen LogP contribution in [-0.2, 0) is 9.59 Å². The van der Waals surface area contributed by atoms with E-state index in [0.29, 0.717) is 33.6 Å². The molecule has 0 bridgehead atoms. The van der Waals surface area contributed by atoms with E-state index in [-0.39, 0.29) is 17.4 Å². The van der Waals surface area contributed by atoms with Crippen LogP contribution < -0.4 is 25.4 Å². The van der Waals surface area contributed by atoms with Crippen molar-refractivity contribution in [3.63, 3.8) is 0 Å². The number of ether oxygens (including phenoxy) is 2. The minimum Gasteiger partial charge on any atom is -0.493 e. The summed E-state index contributed by atoms with van der Waals surface area (Å²) in [6.45, 7) is 0. The Morgan fingerprint density at radius 1 is 0.872 bits per heavy atom. The molecular weight excluding hydrogens is 700 g/mol. The summed E-state index contributed by atoms with van der Waals surface area (Å²) in [6, 6.07) is 28.7. The minimum atomic E-state index is -0.479. The van der Waals surface area contributed by atoms with Crippen molar-refractivity contribution >= 4 is 73.6 Å². The molecule has 0 aliphatic rings. The molecule has 0 saturated heterocycles. The number of thiazole rings is 1. The molecule has 3 N–H and O–H groups in total. The lowest BCUT2D eigenvalue weighted by atomic mass is 10.1. The Morgan fingerprint density at radius 2 is 1.60 bits per heavy atom. The maximum absolute atomic E-state index is 13.3. The smallest absolute Gasteiger partial charge is 0.272 e. The standard InChI is InChI=1S/C35H29BrN4O5S2/c1-44-30-17-10-24(19-31(30)45-2)29-20-47-35(39-29)40-32(41)21-46-27-15-13-26(14-16-27)37-34(43)28(18-22-8-11-25(36)12-9-22)38-33(42)23-6-4-3-5-7-23/h3-20H,21H2,1-2H3,(H,37,43)(H,38,42)(H,39,40,41)/b28-18-. The van der Waals surface area contributed by atoms with Crippen LogP contribution in [0.25, 0.3) is 17.3 Å². The van der Waals surface area contributed by atoms with Crippen molar-refractivity contribution < 1.29 is 23.9 Å². The number of nitrogens with one attached hydrogen (secondary N) is 3. The third kappa shape index (κ3) is 9.32. The van der Waals surface area contributed by atoms with Gasteiger partial charge in [0.2, 0.25) is 5.91 Å². The first-order valence-electron chi connectivity index (χ1n) is 14.2. The minimum absolute atomic E-state index is 0.0905. The number of anilines is 2. The van der Waals surface area contributed by atoms with Crippen molar-refractivity contribution in [2.75, 3.05) is 30.6 Å². The molecule has 238 valence electrons. The summed E-state index contributed by atoms with van der Waals surface area (Å²) in [5.41, 5.74) is 3.35. The first kappa shape index (κ1) is 33.5. The van der Waals surface area contributed by atoms with E-state index in [4.69, 9.17) is 9.47 Å². The van der Waals surface area contributed by atoms with Crippen LogP contribution in [-0.4, -0.2) is 42.7 Å². The second-order valence-electron chi connectivity index (χ2n) is 9.85. The van der Waals surface area contributed by atoms with Crippen molar-refractivity contribution in [1.82, 2.24) is 10.3 Å². The number of benzene rings is 4. The first-order chi connectivity index (χ1) is 22.8. The maximum atomic E-state index is 13.3. The normalized spacial score (nSPS) is 11.0. The van der Waals surface area contributed by atoms with Gasteiger partial charge >= 0.3 is 0 Å². The summed E-state index contributed by atoms with van der Waals surface area (Å²) in [7, 11) is 3.15. The molecule has 0 fully saturated rings. The van der Waals surface area contributed by atoms with Gasteiger partial charge in [0, 0.05) is 31.6 Å². The number of carbonyl (C=O) groups is 3. The predicted molar refractivity (Wildman–Crippen MR) is 191 cm³/mol. The average molecular weight is 730 g/mol. The zero-order valence-electron chi connectivity index (χ0n) is 25.3. The number of aromatic nitrogens is 1. The molecular formula is C35H29BrN4O5S2. The van der Waals surface area contributed by atoms with Crippen LogP contribution in [0.1, 0.15) is 15.9 Å². The lowest BCUT2D eigenvalue weighted by Gasteiger charge is -2.12. The molecule has 0 aliphatic heterocycles.